The molecule has 2 aliphatic heterocycles. The fraction of sp³-hybridized carbons (Fsp3) is 0.231. The van der Waals surface area contributed by atoms with Gasteiger partial charge in [-0.05, 0) is 18.6 Å². The van der Waals surface area contributed by atoms with Gasteiger partial charge >= 0.3 is 0 Å². The number of fused-ring (bicyclic) bond motifs is 1. The SMILES string of the molecule is NC1=CN(CCCO)C2=N/C(=C\c3ccco3)C(=O)N12. The molecule has 104 valence electrons. The van der Waals surface area contributed by atoms with Gasteiger partial charge in [-0.25, -0.2) is 9.89 Å². The molecule has 3 heterocycles. The average Bonchev–Trinajstić information content (AvgIpc) is 3.10. The minimum Gasteiger partial charge on any atom is -0.465 e. The number of aliphatic imine (C=N–C) groups is 1. The molecule has 1 amide bonds. The minimum absolute atomic E-state index is 0.0700. The van der Waals surface area contributed by atoms with E-state index in [2.05, 4.69) is 4.99 Å². The zero-order valence-corrected chi connectivity index (χ0v) is 10.7. The smallest absolute Gasteiger partial charge is 0.285 e. The van der Waals surface area contributed by atoms with E-state index in [0.717, 1.165) is 0 Å². The fourth-order valence-corrected chi connectivity index (χ4v) is 2.12. The number of nitrogens with zero attached hydrogens (tertiary/aromatic N) is 3. The molecule has 0 aromatic carbocycles. The highest BCUT2D eigenvalue weighted by molar-refractivity contribution is 6.16. The van der Waals surface area contributed by atoms with Gasteiger partial charge in [0, 0.05) is 25.4 Å². The largest absolute Gasteiger partial charge is 0.465 e. The third-order valence-electron chi connectivity index (χ3n) is 3.03. The van der Waals surface area contributed by atoms with E-state index >= 15 is 0 Å². The highest BCUT2D eigenvalue weighted by atomic mass is 16.3. The summed E-state index contributed by atoms with van der Waals surface area (Å²) in [6, 6.07) is 3.48. The minimum atomic E-state index is -0.281. The van der Waals surface area contributed by atoms with Crippen LogP contribution in [0.25, 0.3) is 6.08 Å². The summed E-state index contributed by atoms with van der Waals surface area (Å²) in [7, 11) is 0. The van der Waals surface area contributed by atoms with Gasteiger partial charge in [-0.2, -0.15) is 0 Å². The number of hydrogen-bond donors (Lipinski definition) is 2. The Morgan fingerprint density at radius 3 is 3.05 bits per heavy atom. The van der Waals surface area contributed by atoms with Crippen molar-refractivity contribution in [3.8, 4) is 0 Å². The lowest BCUT2D eigenvalue weighted by Crippen LogP contribution is -2.36. The molecule has 1 aromatic heterocycles. The van der Waals surface area contributed by atoms with Crippen LogP contribution in [0.1, 0.15) is 12.2 Å². The van der Waals surface area contributed by atoms with Crippen molar-refractivity contribution in [3.05, 3.63) is 41.9 Å². The van der Waals surface area contributed by atoms with Gasteiger partial charge in [-0.3, -0.25) is 4.79 Å². The Morgan fingerprint density at radius 2 is 2.35 bits per heavy atom. The third-order valence-corrected chi connectivity index (χ3v) is 3.03. The van der Waals surface area contributed by atoms with Crippen LogP contribution in [0.15, 0.2) is 45.5 Å². The van der Waals surface area contributed by atoms with E-state index in [-0.39, 0.29) is 18.2 Å². The highest BCUT2D eigenvalue weighted by Gasteiger charge is 2.39. The maximum absolute atomic E-state index is 12.2. The lowest BCUT2D eigenvalue weighted by Gasteiger charge is -2.16. The summed E-state index contributed by atoms with van der Waals surface area (Å²) in [4.78, 5) is 19.7. The fourth-order valence-electron chi connectivity index (χ4n) is 2.12. The summed E-state index contributed by atoms with van der Waals surface area (Å²) in [6.45, 7) is 0.619. The van der Waals surface area contributed by atoms with Gasteiger partial charge in [-0.15, -0.1) is 0 Å². The Hall–Kier alpha value is -2.54. The average molecular weight is 274 g/mol. The van der Waals surface area contributed by atoms with Crippen LogP contribution in [0.4, 0.5) is 0 Å². The molecule has 20 heavy (non-hydrogen) atoms. The molecule has 7 nitrogen and oxygen atoms in total. The van der Waals surface area contributed by atoms with Crippen molar-refractivity contribution in [2.24, 2.45) is 10.7 Å². The number of aliphatic hydroxyl groups is 1. The molecule has 1 aromatic rings. The topological polar surface area (TPSA) is 95.3 Å². The van der Waals surface area contributed by atoms with Crippen molar-refractivity contribution >= 4 is 17.9 Å². The molecule has 0 unspecified atom stereocenters. The second kappa shape index (κ2) is 4.86. The number of rotatable bonds is 4. The number of furan rings is 1. The maximum atomic E-state index is 12.2. The predicted octanol–water partition coefficient (Wildman–Crippen LogP) is 0.274. The lowest BCUT2D eigenvalue weighted by molar-refractivity contribution is -0.121. The molecular formula is C13H14N4O3. The Morgan fingerprint density at radius 1 is 1.50 bits per heavy atom. The van der Waals surface area contributed by atoms with Gasteiger partial charge in [0.25, 0.3) is 5.91 Å². The van der Waals surface area contributed by atoms with E-state index in [9.17, 15) is 4.79 Å². The summed E-state index contributed by atoms with van der Waals surface area (Å²) >= 11 is 0. The van der Waals surface area contributed by atoms with E-state index in [1.165, 1.54) is 11.2 Å². The maximum Gasteiger partial charge on any atom is 0.285 e. The summed E-state index contributed by atoms with van der Waals surface area (Å²) < 4.78 is 5.18. The van der Waals surface area contributed by atoms with Crippen LogP contribution >= 0.6 is 0 Å². The first-order valence-electron chi connectivity index (χ1n) is 6.24. The summed E-state index contributed by atoms with van der Waals surface area (Å²) in [5.74, 6) is 1.08. The molecule has 0 saturated carbocycles. The zero-order chi connectivity index (χ0) is 14.1. The summed E-state index contributed by atoms with van der Waals surface area (Å²) in [5.41, 5.74) is 6.12. The van der Waals surface area contributed by atoms with Gasteiger partial charge in [0.15, 0.2) is 0 Å². The molecule has 3 rings (SSSR count). The second-order valence-electron chi connectivity index (χ2n) is 4.42. The van der Waals surface area contributed by atoms with Crippen LogP contribution < -0.4 is 5.73 Å². The lowest BCUT2D eigenvalue weighted by atomic mass is 10.3. The number of hydrogen-bond acceptors (Lipinski definition) is 6. The van der Waals surface area contributed by atoms with Crippen LogP contribution in [0.5, 0.6) is 0 Å². The standard InChI is InChI=1S/C13H14N4O3/c14-11-8-16(4-2-5-18)13-15-10(12(19)17(11)13)7-9-3-1-6-20-9/h1,3,6-8,18H,2,4-5,14H2/b10-7-. The number of amides is 1. The molecule has 0 atom stereocenters. The first kappa shape index (κ1) is 12.5. The second-order valence-corrected chi connectivity index (χ2v) is 4.42. The van der Waals surface area contributed by atoms with Crippen LogP contribution in [0.2, 0.25) is 0 Å². The number of carbonyl (C=O) groups is 1. The highest BCUT2D eigenvalue weighted by Crippen LogP contribution is 2.26. The first-order valence-corrected chi connectivity index (χ1v) is 6.24. The van der Waals surface area contributed by atoms with Crippen LogP contribution in [-0.2, 0) is 4.79 Å². The van der Waals surface area contributed by atoms with Crippen molar-refractivity contribution in [1.82, 2.24) is 9.80 Å². The number of aliphatic hydroxyl groups excluding tert-OH is 1. The van der Waals surface area contributed by atoms with E-state index in [4.69, 9.17) is 15.3 Å². The van der Waals surface area contributed by atoms with E-state index in [1.807, 2.05) is 0 Å². The van der Waals surface area contributed by atoms with E-state index in [1.54, 1.807) is 29.3 Å². The monoisotopic (exact) mass is 274 g/mol. The molecule has 0 aliphatic carbocycles. The van der Waals surface area contributed by atoms with Gasteiger partial charge in [0.2, 0.25) is 5.96 Å². The summed E-state index contributed by atoms with van der Waals surface area (Å²) in [6.07, 6.45) is 5.32. The molecule has 2 aliphatic rings. The zero-order valence-electron chi connectivity index (χ0n) is 10.7. The molecule has 0 bridgehead atoms. The van der Waals surface area contributed by atoms with Crippen molar-refractivity contribution in [3.63, 3.8) is 0 Å². The Kier molecular flexibility index (Phi) is 3.03. The molecule has 0 radical (unpaired) electrons. The molecule has 3 N–H and O–H groups in total. The van der Waals surface area contributed by atoms with E-state index in [0.29, 0.717) is 30.5 Å². The number of guanidine groups is 1. The quantitative estimate of drug-likeness (QED) is 0.769. The Balaban J connectivity index is 1.89. The molecule has 0 spiro atoms. The van der Waals surface area contributed by atoms with E-state index < -0.39 is 0 Å². The molecule has 7 heteroatoms. The first-order chi connectivity index (χ1) is 9.70. The summed E-state index contributed by atoms with van der Waals surface area (Å²) in [5, 5.41) is 8.89. The van der Waals surface area contributed by atoms with Crippen LogP contribution in [0.3, 0.4) is 0 Å². The Labute approximate surface area is 115 Å². The van der Waals surface area contributed by atoms with Crippen LogP contribution in [0, 0.1) is 0 Å². The van der Waals surface area contributed by atoms with Gasteiger partial charge in [-0.1, -0.05) is 0 Å². The predicted molar refractivity (Wildman–Crippen MR) is 71.6 cm³/mol. The normalized spacial score (nSPS) is 19.6. The van der Waals surface area contributed by atoms with Crippen molar-refractivity contribution in [1.29, 1.82) is 0 Å². The Bertz CT molecular complexity index is 616. The van der Waals surface area contributed by atoms with Gasteiger partial charge < -0.3 is 20.2 Å². The molecular weight excluding hydrogens is 260 g/mol. The third kappa shape index (κ3) is 1.97. The number of nitrogens with two attached hydrogens (primary N) is 1. The van der Waals surface area contributed by atoms with Crippen molar-refractivity contribution < 1.29 is 14.3 Å². The molecule has 0 saturated heterocycles. The van der Waals surface area contributed by atoms with Crippen LogP contribution in [-0.4, -0.2) is 39.9 Å². The van der Waals surface area contributed by atoms with Crippen molar-refractivity contribution in [2.45, 2.75) is 6.42 Å². The van der Waals surface area contributed by atoms with Crippen molar-refractivity contribution in [2.75, 3.05) is 13.2 Å². The number of carbonyl (C=O) groups excluding carboxylic acids is 1. The molecule has 0 fully saturated rings. The van der Waals surface area contributed by atoms with Gasteiger partial charge in [0.1, 0.15) is 17.3 Å². The van der Waals surface area contributed by atoms with Gasteiger partial charge in [0.05, 0.1) is 6.26 Å².